The van der Waals surface area contributed by atoms with Gasteiger partial charge in [-0.3, -0.25) is 0 Å². The van der Waals surface area contributed by atoms with Gasteiger partial charge >= 0.3 is 0 Å². The highest BCUT2D eigenvalue weighted by Crippen LogP contribution is 2.22. The first-order chi connectivity index (χ1) is 7.29. The first kappa shape index (κ1) is 10.7. The molecule has 0 aromatic heterocycles. The minimum absolute atomic E-state index is 0.706. The minimum Gasteiger partial charge on any atom is -0.313 e. The molecule has 0 radical (unpaired) electrons. The Labute approximate surface area is 92.9 Å². The normalized spacial score (nSPS) is 25.7. The van der Waals surface area contributed by atoms with Crippen LogP contribution in [-0.4, -0.2) is 12.6 Å². The Morgan fingerprint density at radius 2 is 2.00 bits per heavy atom. The number of nitrogens with one attached hydrogen (secondary N) is 1. The molecule has 1 saturated heterocycles. The summed E-state index contributed by atoms with van der Waals surface area (Å²) < 4.78 is 0. The maximum Gasteiger partial charge on any atom is 0.0136 e. The van der Waals surface area contributed by atoms with E-state index >= 15 is 0 Å². The zero-order chi connectivity index (χ0) is 10.7. The molecule has 1 N–H and O–H groups in total. The fourth-order valence-electron chi connectivity index (χ4n) is 2.53. The van der Waals surface area contributed by atoms with Crippen LogP contribution in [0.1, 0.15) is 30.9 Å². The van der Waals surface area contributed by atoms with Crippen molar-refractivity contribution in [3.05, 3.63) is 35.4 Å². The molecule has 0 saturated carbocycles. The van der Waals surface area contributed by atoms with Gasteiger partial charge in [0, 0.05) is 6.04 Å². The van der Waals surface area contributed by atoms with Crippen molar-refractivity contribution in [2.45, 2.75) is 39.2 Å². The van der Waals surface area contributed by atoms with E-state index in [9.17, 15) is 0 Å². The van der Waals surface area contributed by atoms with Gasteiger partial charge in [0.1, 0.15) is 0 Å². The number of aryl methyl sites for hydroxylation is 1. The first-order valence-electron chi connectivity index (χ1n) is 6.08. The van der Waals surface area contributed by atoms with E-state index in [1.54, 1.807) is 0 Å². The van der Waals surface area contributed by atoms with Gasteiger partial charge in [-0.15, -0.1) is 0 Å². The molecular weight excluding hydrogens is 182 g/mol. The molecule has 1 fully saturated rings. The SMILES string of the molecule is CC[C@H]1CCN[C@@H]1Cc1ccc(C)cc1. The van der Waals surface area contributed by atoms with Crippen molar-refractivity contribution in [2.24, 2.45) is 5.92 Å². The first-order valence-corrected chi connectivity index (χ1v) is 6.08. The second kappa shape index (κ2) is 4.80. The van der Waals surface area contributed by atoms with Gasteiger partial charge < -0.3 is 5.32 Å². The Hall–Kier alpha value is -0.820. The number of hydrogen-bond donors (Lipinski definition) is 1. The zero-order valence-corrected chi connectivity index (χ0v) is 9.79. The predicted molar refractivity (Wildman–Crippen MR) is 65.1 cm³/mol. The van der Waals surface area contributed by atoms with E-state index in [4.69, 9.17) is 0 Å². The third-order valence-electron chi connectivity index (χ3n) is 3.59. The van der Waals surface area contributed by atoms with E-state index in [0.717, 1.165) is 5.92 Å². The third kappa shape index (κ3) is 2.60. The Bertz CT molecular complexity index is 302. The van der Waals surface area contributed by atoms with Crippen LogP contribution in [0.15, 0.2) is 24.3 Å². The van der Waals surface area contributed by atoms with Crippen LogP contribution in [0, 0.1) is 12.8 Å². The van der Waals surface area contributed by atoms with Crippen LogP contribution in [0.25, 0.3) is 0 Å². The lowest BCUT2D eigenvalue weighted by molar-refractivity contribution is 0.433. The summed E-state index contributed by atoms with van der Waals surface area (Å²) in [5.74, 6) is 0.881. The Morgan fingerprint density at radius 1 is 1.27 bits per heavy atom. The van der Waals surface area contributed by atoms with Gasteiger partial charge in [-0.1, -0.05) is 43.2 Å². The van der Waals surface area contributed by atoms with Crippen LogP contribution < -0.4 is 5.32 Å². The van der Waals surface area contributed by atoms with Crippen molar-refractivity contribution in [3.8, 4) is 0 Å². The van der Waals surface area contributed by atoms with Gasteiger partial charge in [0.25, 0.3) is 0 Å². The summed E-state index contributed by atoms with van der Waals surface area (Å²) in [5, 5.41) is 3.62. The van der Waals surface area contributed by atoms with E-state index in [1.165, 1.54) is 36.9 Å². The maximum absolute atomic E-state index is 3.62. The van der Waals surface area contributed by atoms with Crippen LogP contribution >= 0.6 is 0 Å². The molecule has 0 amide bonds. The number of hydrogen-bond acceptors (Lipinski definition) is 1. The summed E-state index contributed by atoms with van der Waals surface area (Å²) in [6.07, 6.45) is 3.86. The molecule has 0 unspecified atom stereocenters. The monoisotopic (exact) mass is 203 g/mol. The van der Waals surface area contributed by atoms with E-state index in [0.29, 0.717) is 6.04 Å². The Kier molecular flexibility index (Phi) is 3.42. The lowest BCUT2D eigenvalue weighted by Gasteiger charge is -2.18. The fourth-order valence-corrected chi connectivity index (χ4v) is 2.53. The van der Waals surface area contributed by atoms with Crippen molar-refractivity contribution in [1.29, 1.82) is 0 Å². The highest BCUT2D eigenvalue weighted by atomic mass is 14.9. The van der Waals surface area contributed by atoms with Crippen molar-refractivity contribution < 1.29 is 0 Å². The highest BCUT2D eigenvalue weighted by molar-refractivity contribution is 5.22. The molecule has 15 heavy (non-hydrogen) atoms. The van der Waals surface area contributed by atoms with E-state index in [2.05, 4.69) is 43.4 Å². The molecular formula is C14H21N. The highest BCUT2D eigenvalue weighted by Gasteiger charge is 2.24. The van der Waals surface area contributed by atoms with Gasteiger partial charge in [0.2, 0.25) is 0 Å². The summed E-state index contributed by atoms with van der Waals surface area (Å²) in [6.45, 7) is 5.65. The van der Waals surface area contributed by atoms with Gasteiger partial charge in [0.05, 0.1) is 0 Å². The maximum atomic E-state index is 3.62. The molecule has 0 spiro atoms. The molecule has 1 heteroatoms. The van der Waals surface area contributed by atoms with Crippen LogP contribution in [0.3, 0.4) is 0 Å². The average molecular weight is 203 g/mol. The number of rotatable bonds is 3. The molecule has 0 bridgehead atoms. The van der Waals surface area contributed by atoms with Crippen LogP contribution in [-0.2, 0) is 6.42 Å². The largest absolute Gasteiger partial charge is 0.313 e. The molecule has 1 aromatic rings. The Balaban J connectivity index is 1.99. The number of benzene rings is 1. The summed E-state index contributed by atoms with van der Waals surface area (Å²) >= 11 is 0. The van der Waals surface area contributed by atoms with Crippen molar-refractivity contribution >= 4 is 0 Å². The molecule has 2 rings (SSSR count). The van der Waals surface area contributed by atoms with Gasteiger partial charge in [0.15, 0.2) is 0 Å². The van der Waals surface area contributed by atoms with Gasteiger partial charge in [-0.2, -0.15) is 0 Å². The molecule has 82 valence electrons. The molecule has 1 aliphatic rings. The van der Waals surface area contributed by atoms with E-state index in [1.807, 2.05) is 0 Å². The topological polar surface area (TPSA) is 12.0 Å². The standard InChI is InChI=1S/C14H21N/c1-3-13-8-9-15-14(13)10-12-6-4-11(2)5-7-12/h4-7,13-15H,3,8-10H2,1-2H3/t13-,14+/m0/s1. The van der Waals surface area contributed by atoms with Crippen LogP contribution in [0.5, 0.6) is 0 Å². The average Bonchev–Trinajstić information content (AvgIpc) is 2.69. The van der Waals surface area contributed by atoms with E-state index < -0.39 is 0 Å². The molecule has 2 atom stereocenters. The van der Waals surface area contributed by atoms with Crippen molar-refractivity contribution in [1.82, 2.24) is 5.32 Å². The summed E-state index contributed by atoms with van der Waals surface area (Å²) in [7, 11) is 0. The quantitative estimate of drug-likeness (QED) is 0.796. The van der Waals surface area contributed by atoms with Crippen molar-refractivity contribution in [2.75, 3.05) is 6.54 Å². The predicted octanol–water partition coefficient (Wildman–Crippen LogP) is 2.93. The van der Waals surface area contributed by atoms with Crippen LogP contribution in [0.2, 0.25) is 0 Å². The summed E-state index contributed by atoms with van der Waals surface area (Å²) in [6, 6.07) is 9.67. The zero-order valence-electron chi connectivity index (χ0n) is 9.79. The molecule has 1 aliphatic heterocycles. The molecule has 0 aliphatic carbocycles. The van der Waals surface area contributed by atoms with Gasteiger partial charge in [-0.25, -0.2) is 0 Å². The Morgan fingerprint density at radius 3 is 2.67 bits per heavy atom. The fraction of sp³-hybridized carbons (Fsp3) is 0.571. The third-order valence-corrected chi connectivity index (χ3v) is 3.59. The van der Waals surface area contributed by atoms with E-state index in [-0.39, 0.29) is 0 Å². The lowest BCUT2D eigenvalue weighted by Crippen LogP contribution is -2.29. The lowest BCUT2D eigenvalue weighted by atomic mass is 9.92. The molecule has 1 nitrogen and oxygen atoms in total. The van der Waals surface area contributed by atoms with Crippen LogP contribution in [0.4, 0.5) is 0 Å². The second-order valence-corrected chi connectivity index (χ2v) is 4.71. The molecule has 1 aromatic carbocycles. The smallest absolute Gasteiger partial charge is 0.0136 e. The second-order valence-electron chi connectivity index (χ2n) is 4.71. The summed E-state index contributed by atoms with van der Waals surface area (Å²) in [5.41, 5.74) is 2.82. The summed E-state index contributed by atoms with van der Waals surface area (Å²) in [4.78, 5) is 0. The van der Waals surface area contributed by atoms with Crippen molar-refractivity contribution in [3.63, 3.8) is 0 Å². The van der Waals surface area contributed by atoms with Gasteiger partial charge in [-0.05, 0) is 37.8 Å². The minimum atomic E-state index is 0.706. The molecule has 1 heterocycles.